The van der Waals surface area contributed by atoms with Crippen molar-refractivity contribution >= 4 is 17.5 Å². The zero-order chi connectivity index (χ0) is 12.3. The summed E-state index contributed by atoms with van der Waals surface area (Å²) in [6.07, 6.45) is 5.36. The van der Waals surface area contributed by atoms with Crippen LogP contribution in [0.3, 0.4) is 0 Å². The molecule has 1 aliphatic rings. The summed E-state index contributed by atoms with van der Waals surface area (Å²) in [4.78, 5) is 11.6. The van der Waals surface area contributed by atoms with E-state index in [1.165, 1.54) is 24.6 Å². The van der Waals surface area contributed by atoms with Gasteiger partial charge in [-0.2, -0.15) is 0 Å². The SMILES string of the molecule is CCC(=O)C(C)Sc1nnnn1C1CCCC1. The van der Waals surface area contributed by atoms with E-state index in [4.69, 9.17) is 0 Å². The van der Waals surface area contributed by atoms with Crippen molar-refractivity contribution in [2.45, 2.75) is 62.4 Å². The second-order valence-corrected chi connectivity index (χ2v) is 5.73. The van der Waals surface area contributed by atoms with Crippen molar-refractivity contribution in [3.8, 4) is 0 Å². The normalized spacial score (nSPS) is 18.5. The maximum Gasteiger partial charge on any atom is 0.210 e. The lowest BCUT2D eigenvalue weighted by molar-refractivity contribution is -0.118. The first-order valence-electron chi connectivity index (χ1n) is 6.19. The van der Waals surface area contributed by atoms with Gasteiger partial charge in [0.15, 0.2) is 0 Å². The molecule has 2 rings (SSSR count). The average molecular weight is 254 g/mol. The molecule has 0 radical (unpaired) electrons. The number of ketones is 1. The number of tetrazole rings is 1. The van der Waals surface area contributed by atoms with Gasteiger partial charge in [0, 0.05) is 6.42 Å². The molecule has 1 unspecified atom stereocenters. The van der Waals surface area contributed by atoms with Gasteiger partial charge >= 0.3 is 0 Å². The zero-order valence-corrected chi connectivity index (χ0v) is 11.1. The molecule has 0 spiro atoms. The van der Waals surface area contributed by atoms with Crippen LogP contribution in [-0.2, 0) is 4.79 Å². The molecule has 1 atom stereocenters. The molecule has 1 aromatic rings. The van der Waals surface area contributed by atoms with Crippen LogP contribution >= 0.6 is 11.8 Å². The minimum absolute atomic E-state index is 0.0637. The highest BCUT2D eigenvalue weighted by Gasteiger charge is 2.23. The van der Waals surface area contributed by atoms with Crippen molar-refractivity contribution in [3.05, 3.63) is 0 Å². The molecule has 0 bridgehead atoms. The molecule has 1 aliphatic carbocycles. The highest BCUT2D eigenvalue weighted by atomic mass is 32.2. The predicted octanol–water partition coefficient (Wildman–Crippen LogP) is 2.25. The van der Waals surface area contributed by atoms with Gasteiger partial charge in [-0.15, -0.1) is 5.10 Å². The Hall–Kier alpha value is -0.910. The molecular weight excluding hydrogens is 236 g/mol. The van der Waals surface area contributed by atoms with Crippen LogP contribution in [0.2, 0.25) is 0 Å². The van der Waals surface area contributed by atoms with Gasteiger partial charge in [0.05, 0.1) is 11.3 Å². The third kappa shape index (κ3) is 2.86. The van der Waals surface area contributed by atoms with E-state index in [9.17, 15) is 4.79 Å². The molecule has 0 amide bonds. The fourth-order valence-corrected chi connectivity index (χ4v) is 3.14. The lowest BCUT2D eigenvalue weighted by Crippen LogP contribution is -2.14. The van der Waals surface area contributed by atoms with Crippen LogP contribution in [0.15, 0.2) is 5.16 Å². The molecule has 6 heteroatoms. The van der Waals surface area contributed by atoms with Gasteiger partial charge in [-0.25, -0.2) is 4.68 Å². The molecule has 1 aromatic heterocycles. The summed E-state index contributed by atoms with van der Waals surface area (Å²) in [6, 6.07) is 0.427. The Bertz CT molecular complexity index is 387. The van der Waals surface area contributed by atoms with Crippen molar-refractivity contribution in [1.29, 1.82) is 0 Å². The predicted molar refractivity (Wildman–Crippen MR) is 65.9 cm³/mol. The molecule has 1 heterocycles. The van der Waals surface area contributed by atoms with Crippen LogP contribution in [-0.4, -0.2) is 31.2 Å². The van der Waals surface area contributed by atoms with E-state index in [1.807, 2.05) is 18.5 Å². The van der Waals surface area contributed by atoms with E-state index in [0.717, 1.165) is 18.0 Å². The first-order valence-corrected chi connectivity index (χ1v) is 7.07. The second-order valence-electron chi connectivity index (χ2n) is 4.42. The number of hydrogen-bond acceptors (Lipinski definition) is 5. The van der Waals surface area contributed by atoms with E-state index in [1.54, 1.807) is 0 Å². The smallest absolute Gasteiger partial charge is 0.210 e. The first-order chi connectivity index (χ1) is 8.22. The van der Waals surface area contributed by atoms with E-state index in [-0.39, 0.29) is 11.0 Å². The number of carbonyl (C=O) groups excluding carboxylic acids is 1. The van der Waals surface area contributed by atoms with Crippen molar-refractivity contribution < 1.29 is 4.79 Å². The van der Waals surface area contributed by atoms with Crippen LogP contribution in [0.1, 0.15) is 52.0 Å². The summed E-state index contributed by atoms with van der Waals surface area (Å²) >= 11 is 1.47. The minimum Gasteiger partial charge on any atom is -0.298 e. The molecule has 0 saturated heterocycles. The third-order valence-electron chi connectivity index (χ3n) is 3.22. The fraction of sp³-hybridized carbons (Fsp3) is 0.818. The Kier molecular flexibility index (Phi) is 4.15. The summed E-state index contributed by atoms with van der Waals surface area (Å²) in [7, 11) is 0. The van der Waals surface area contributed by atoms with Gasteiger partial charge in [0.2, 0.25) is 5.16 Å². The second kappa shape index (κ2) is 5.62. The molecule has 94 valence electrons. The van der Waals surface area contributed by atoms with Gasteiger partial charge in [-0.1, -0.05) is 31.5 Å². The molecule has 17 heavy (non-hydrogen) atoms. The number of carbonyl (C=O) groups is 1. The van der Waals surface area contributed by atoms with Crippen molar-refractivity contribution in [3.63, 3.8) is 0 Å². The molecule has 5 nitrogen and oxygen atoms in total. The van der Waals surface area contributed by atoms with Crippen LogP contribution in [0.5, 0.6) is 0 Å². The van der Waals surface area contributed by atoms with Crippen LogP contribution < -0.4 is 0 Å². The van der Waals surface area contributed by atoms with Crippen LogP contribution in [0, 0.1) is 0 Å². The van der Waals surface area contributed by atoms with E-state index >= 15 is 0 Å². The molecule has 0 aromatic carbocycles. The van der Waals surface area contributed by atoms with Gasteiger partial charge in [0.1, 0.15) is 5.78 Å². The lowest BCUT2D eigenvalue weighted by atomic mass is 10.2. The fourth-order valence-electron chi connectivity index (χ4n) is 2.15. The van der Waals surface area contributed by atoms with Crippen molar-refractivity contribution in [1.82, 2.24) is 20.2 Å². The maximum absolute atomic E-state index is 11.6. The minimum atomic E-state index is -0.0637. The number of rotatable bonds is 5. The third-order valence-corrected chi connectivity index (χ3v) is 4.31. The Morgan fingerprint density at radius 3 is 2.88 bits per heavy atom. The summed E-state index contributed by atoms with van der Waals surface area (Å²) in [6.45, 7) is 3.81. The number of aromatic nitrogens is 4. The Morgan fingerprint density at radius 1 is 1.53 bits per heavy atom. The topological polar surface area (TPSA) is 60.7 Å². The summed E-state index contributed by atoms with van der Waals surface area (Å²) in [5.41, 5.74) is 0. The molecule has 1 fully saturated rings. The van der Waals surface area contributed by atoms with E-state index in [0.29, 0.717) is 12.5 Å². The number of hydrogen-bond donors (Lipinski definition) is 0. The Labute approximate surface area is 105 Å². The molecule has 0 N–H and O–H groups in total. The summed E-state index contributed by atoms with van der Waals surface area (Å²) in [5.74, 6) is 0.246. The maximum atomic E-state index is 11.6. The Balaban J connectivity index is 2.05. The standard InChI is InChI=1S/C11H18N4OS/c1-3-10(16)8(2)17-11-12-13-14-15(11)9-6-4-5-7-9/h8-9H,3-7H2,1-2H3. The molecular formula is C11H18N4OS. The quantitative estimate of drug-likeness (QED) is 0.754. The molecule has 0 aliphatic heterocycles. The van der Waals surface area contributed by atoms with Crippen LogP contribution in [0.4, 0.5) is 0 Å². The van der Waals surface area contributed by atoms with Gasteiger partial charge in [-0.3, -0.25) is 4.79 Å². The van der Waals surface area contributed by atoms with Crippen molar-refractivity contribution in [2.24, 2.45) is 0 Å². The lowest BCUT2D eigenvalue weighted by Gasteiger charge is -2.12. The summed E-state index contributed by atoms with van der Waals surface area (Å²) < 4.78 is 1.90. The van der Waals surface area contributed by atoms with E-state index < -0.39 is 0 Å². The Morgan fingerprint density at radius 2 is 2.24 bits per heavy atom. The number of nitrogens with zero attached hydrogens (tertiary/aromatic N) is 4. The molecule has 1 saturated carbocycles. The monoisotopic (exact) mass is 254 g/mol. The average Bonchev–Trinajstić information content (AvgIpc) is 2.97. The van der Waals surface area contributed by atoms with Gasteiger partial charge in [0.25, 0.3) is 0 Å². The number of thioether (sulfide) groups is 1. The highest BCUT2D eigenvalue weighted by Crippen LogP contribution is 2.32. The summed E-state index contributed by atoms with van der Waals surface area (Å²) in [5, 5.41) is 12.5. The van der Waals surface area contributed by atoms with Gasteiger partial charge < -0.3 is 0 Å². The largest absolute Gasteiger partial charge is 0.298 e. The highest BCUT2D eigenvalue weighted by molar-refractivity contribution is 8.00. The van der Waals surface area contributed by atoms with Gasteiger partial charge in [-0.05, 0) is 30.2 Å². The first kappa shape index (κ1) is 12.5. The van der Waals surface area contributed by atoms with Crippen molar-refractivity contribution in [2.75, 3.05) is 0 Å². The number of Topliss-reactive ketones (excluding diaryl/α,β-unsaturated/α-hetero) is 1. The van der Waals surface area contributed by atoms with Crippen LogP contribution in [0.25, 0.3) is 0 Å². The van der Waals surface area contributed by atoms with E-state index in [2.05, 4.69) is 15.5 Å². The zero-order valence-electron chi connectivity index (χ0n) is 10.3.